The number of aromatic nitrogens is 2. The number of alkyl halides is 3. The number of fused-ring (bicyclic) bond motifs is 1. The lowest BCUT2D eigenvalue weighted by Gasteiger charge is -2.27. The van der Waals surface area contributed by atoms with Gasteiger partial charge in [-0.05, 0) is 31.0 Å². The van der Waals surface area contributed by atoms with E-state index in [0.29, 0.717) is 35.6 Å². The van der Waals surface area contributed by atoms with Crippen molar-refractivity contribution >= 4 is 0 Å². The number of benzene rings is 2. The molecule has 2 heterocycles. The van der Waals surface area contributed by atoms with Gasteiger partial charge in [0, 0.05) is 30.8 Å². The van der Waals surface area contributed by atoms with Crippen LogP contribution >= 0.6 is 0 Å². The number of halogens is 3. The second-order valence-corrected chi connectivity index (χ2v) is 7.36. The fraction of sp³-hybridized carbons (Fsp3) is 0.273. The number of hydrogen-bond acceptors (Lipinski definition) is 3. The second kappa shape index (κ2) is 7.48. The molecule has 0 atom stereocenters. The number of rotatable bonds is 3. The maximum Gasteiger partial charge on any atom is 0.416 e. The average Bonchev–Trinajstić information content (AvgIpc) is 2.69. The summed E-state index contributed by atoms with van der Waals surface area (Å²) in [6.07, 6.45) is -3.80. The highest BCUT2D eigenvalue weighted by molar-refractivity contribution is 5.56. The molecule has 0 fully saturated rings. The monoisotopic (exact) mass is 399 g/mol. The minimum atomic E-state index is -4.40. The van der Waals surface area contributed by atoms with E-state index in [0.717, 1.165) is 25.2 Å². The summed E-state index contributed by atoms with van der Waals surface area (Å²) in [4.78, 5) is 22.0. The molecule has 1 aliphatic heterocycles. The predicted octanol–water partition coefficient (Wildman–Crippen LogP) is 4.32. The molecule has 4 nitrogen and oxygen atoms in total. The van der Waals surface area contributed by atoms with Gasteiger partial charge in [0.2, 0.25) is 0 Å². The van der Waals surface area contributed by atoms with Crippen LogP contribution in [0.5, 0.6) is 0 Å². The lowest BCUT2D eigenvalue weighted by atomic mass is 10.0. The topological polar surface area (TPSA) is 49.0 Å². The second-order valence-electron chi connectivity index (χ2n) is 7.36. The molecule has 1 N–H and O–H groups in total. The predicted molar refractivity (Wildman–Crippen MR) is 104 cm³/mol. The zero-order valence-corrected chi connectivity index (χ0v) is 15.9. The van der Waals surface area contributed by atoms with Gasteiger partial charge in [-0.2, -0.15) is 13.2 Å². The number of hydrogen-bond donors (Lipinski definition) is 1. The van der Waals surface area contributed by atoms with Crippen molar-refractivity contribution in [1.82, 2.24) is 14.9 Å². The van der Waals surface area contributed by atoms with E-state index in [1.54, 1.807) is 0 Å². The molecule has 1 aromatic heterocycles. The van der Waals surface area contributed by atoms with E-state index in [1.807, 2.05) is 6.92 Å². The third kappa shape index (κ3) is 4.24. The standard InChI is InChI=1S/C22H20F3N3O/c1-14-2-4-15(5-3-14)12-28-11-10-18-19(13-28)26-20(27-21(18)29)16-6-8-17(9-7-16)22(23,24)25/h2-9H,10-13H2,1H3,(H,26,27,29). The zero-order chi connectivity index (χ0) is 20.6. The van der Waals surface area contributed by atoms with Gasteiger partial charge in [0.05, 0.1) is 11.3 Å². The number of aromatic amines is 1. The highest BCUT2D eigenvalue weighted by atomic mass is 19.4. The van der Waals surface area contributed by atoms with E-state index in [1.165, 1.54) is 23.3 Å². The summed E-state index contributed by atoms with van der Waals surface area (Å²) in [6, 6.07) is 13.0. The first-order valence-electron chi connectivity index (χ1n) is 9.37. The normalized spacial score (nSPS) is 14.6. The van der Waals surface area contributed by atoms with E-state index in [9.17, 15) is 18.0 Å². The van der Waals surface area contributed by atoms with Crippen LogP contribution in [0.2, 0.25) is 0 Å². The fourth-order valence-corrected chi connectivity index (χ4v) is 3.53. The molecule has 0 amide bonds. The molecule has 7 heteroatoms. The van der Waals surface area contributed by atoms with Crippen LogP contribution in [-0.4, -0.2) is 21.4 Å². The van der Waals surface area contributed by atoms with Gasteiger partial charge in [0.25, 0.3) is 5.56 Å². The van der Waals surface area contributed by atoms with Gasteiger partial charge in [0.15, 0.2) is 0 Å². The van der Waals surface area contributed by atoms with Crippen molar-refractivity contribution in [3.05, 3.63) is 86.8 Å². The summed E-state index contributed by atoms with van der Waals surface area (Å²) in [6.45, 7) is 4.08. The van der Waals surface area contributed by atoms with E-state index in [2.05, 4.69) is 39.1 Å². The first kappa shape index (κ1) is 19.4. The summed E-state index contributed by atoms with van der Waals surface area (Å²) in [7, 11) is 0. The molecule has 0 unspecified atom stereocenters. The number of H-pyrrole nitrogens is 1. The van der Waals surface area contributed by atoms with Crippen molar-refractivity contribution in [1.29, 1.82) is 0 Å². The molecular weight excluding hydrogens is 379 g/mol. The number of aryl methyl sites for hydroxylation is 1. The van der Waals surface area contributed by atoms with Gasteiger partial charge in [-0.25, -0.2) is 4.98 Å². The van der Waals surface area contributed by atoms with E-state index in [4.69, 9.17) is 0 Å². The molecule has 0 aliphatic carbocycles. The Kier molecular flexibility index (Phi) is 5.00. The van der Waals surface area contributed by atoms with Crippen LogP contribution in [0, 0.1) is 6.92 Å². The van der Waals surface area contributed by atoms with Crippen molar-refractivity contribution in [2.45, 2.75) is 32.6 Å². The van der Waals surface area contributed by atoms with Crippen molar-refractivity contribution < 1.29 is 13.2 Å². The van der Waals surface area contributed by atoms with Gasteiger partial charge < -0.3 is 4.98 Å². The Morgan fingerprint density at radius 1 is 1.07 bits per heavy atom. The SMILES string of the molecule is Cc1ccc(CN2CCc3c(nc(-c4ccc(C(F)(F)F)cc4)[nH]c3=O)C2)cc1. The van der Waals surface area contributed by atoms with Gasteiger partial charge in [0.1, 0.15) is 5.82 Å². The number of nitrogens with one attached hydrogen (secondary N) is 1. The largest absolute Gasteiger partial charge is 0.416 e. The Bertz CT molecular complexity index is 1070. The van der Waals surface area contributed by atoms with Crippen molar-refractivity contribution in [3.63, 3.8) is 0 Å². The molecule has 2 aromatic carbocycles. The van der Waals surface area contributed by atoms with E-state index >= 15 is 0 Å². The van der Waals surface area contributed by atoms with Crippen LogP contribution in [0.25, 0.3) is 11.4 Å². The fourth-order valence-electron chi connectivity index (χ4n) is 3.53. The maximum absolute atomic E-state index is 12.8. The lowest BCUT2D eigenvalue weighted by Crippen LogP contribution is -2.35. The van der Waals surface area contributed by atoms with Gasteiger partial charge >= 0.3 is 6.18 Å². The van der Waals surface area contributed by atoms with Gasteiger partial charge in [-0.15, -0.1) is 0 Å². The Balaban J connectivity index is 1.58. The zero-order valence-electron chi connectivity index (χ0n) is 15.9. The molecule has 0 spiro atoms. The van der Waals surface area contributed by atoms with Crippen molar-refractivity contribution in [2.24, 2.45) is 0 Å². The lowest BCUT2D eigenvalue weighted by molar-refractivity contribution is -0.137. The molecule has 0 radical (unpaired) electrons. The minimum absolute atomic E-state index is 0.222. The Labute approximate surface area is 166 Å². The Morgan fingerprint density at radius 2 is 1.76 bits per heavy atom. The third-order valence-corrected chi connectivity index (χ3v) is 5.16. The van der Waals surface area contributed by atoms with Crippen LogP contribution in [0.1, 0.15) is 27.9 Å². The van der Waals surface area contributed by atoms with E-state index in [-0.39, 0.29) is 5.56 Å². The molecular formula is C22H20F3N3O. The van der Waals surface area contributed by atoms with Crippen molar-refractivity contribution in [3.8, 4) is 11.4 Å². The van der Waals surface area contributed by atoms with Gasteiger partial charge in [-0.3, -0.25) is 9.69 Å². The van der Waals surface area contributed by atoms with Crippen LogP contribution < -0.4 is 5.56 Å². The number of nitrogens with zero attached hydrogens (tertiary/aromatic N) is 2. The molecule has 0 bridgehead atoms. The quantitative estimate of drug-likeness (QED) is 0.714. The van der Waals surface area contributed by atoms with Crippen molar-refractivity contribution in [2.75, 3.05) is 6.54 Å². The van der Waals surface area contributed by atoms with E-state index < -0.39 is 11.7 Å². The smallest absolute Gasteiger partial charge is 0.306 e. The molecule has 1 aliphatic rings. The Morgan fingerprint density at radius 3 is 2.41 bits per heavy atom. The molecule has 0 saturated heterocycles. The molecule has 150 valence electrons. The molecule has 3 aromatic rings. The van der Waals surface area contributed by atoms with Crippen LogP contribution in [0.3, 0.4) is 0 Å². The summed E-state index contributed by atoms with van der Waals surface area (Å²) in [5, 5.41) is 0. The van der Waals surface area contributed by atoms with Crippen LogP contribution in [-0.2, 0) is 25.7 Å². The molecule has 29 heavy (non-hydrogen) atoms. The first-order chi connectivity index (χ1) is 13.8. The van der Waals surface area contributed by atoms with Gasteiger partial charge in [-0.1, -0.05) is 42.0 Å². The highest BCUT2D eigenvalue weighted by Gasteiger charge is 2.30. The minimum Gasteiger partial charge on any atom is -0.306 e. The van der Waals surface area contributed by atoms with Crippen LogP contribution in [0.4, 0.5) is 13.2 Å². The summed E-state index contributed by atoms with van der Waals surface area (Å²) < 4.78 is 38.3. The Hall–Kier alpha value is -2.93. The maximum atomic E-state index is 12.8. The third-order valence-electron chi connectivity index (χ3n) is 5.16. The highest BCUT2D eigenvalue weighted by Crippen LogP contribution is 2.30. The summed E-state index contributed by atoms with van der Waals surface area (Å²) in [5.41, 5.74) is 3.22. The summed E-state index contributed by atoms with van der Waals surface area (Å²) in [5.74, 6) is 0.291. The first-order valence-corrected chi connectivity index (χ1v) is 9.37. The average molecular weight is 399 g/mol. The van der Waals surface area contributed by atoms with Crippen LogP contribution in [0.15, 0.2) is 53.3 Å². The molecule has 0 saturated carbocycles. The molecule has 4 rings (SSSR count). The summed E-state index contributed by atoms with van der Waals surface area (Å²) >= 11 is 0.